The van der Waals surface area contributed by atoms with Crippen molar-refractivity contribution in [1.82, 2.24) is 5.32 Å². The third kappa shape index (κ3) is 7.04. The van der Waals surface area contributed by atoms with Crippen molar-refractivity contribution in [3.05, 3.63) is 53.6 Å². The number of hydrogen-bond donors (Lipinski definition) is 1. The van der Waals surface area contributed by atoms with Crippen molar-refractivity contribution in [2.24, 2.45) is 0 Å². The maximum Gasteiger partial charge on any atom is 0.416 e. The average molecular weight is 475 g/mol. The lowest BCUT2D eigenvalue weighted by Gasteiger charge is -2.22. The van der Waals surface area contributed by atoms with Crippen molar-refractivity contribution in [3.63, 3.8) is 0 Å². The Hall–Kier alpha value is -2.95. The smallest absolute Gasteiger partial charge is 0.416 e. The largest absolute Gasteiger partial charge is 0.493 e. The predicted octanol–water partition coefficient (Wildman–Crippen LogP) is 3.24. The van der Waals surface area contributed by atoms with E-state index >= 15 is 0 Å². The third-order valence-corrected chi connectivity index (χ3v) is 5.70. The van der Waals surface area contributed by atoms with Crippen LogP contribution in [-0.2, 0) is 27.4 Å². The van der Waals surface area contributed by atoms with Gasteiger partial charge in [-0.3, -0.25) is 9.10 Å². The van der Waals surface area contributed by atoms with Crippen LogP contribution in [0.1, 0.15) is 17.5 Å². The predicted molar refractivity (Wildman–Crippen MR) is 115 cm³/mol. The van der Waals surface area contributed by atoms with Crippen molar-refractivity contribution < 1.29 is 35.9 Å². The molecular formula is C21H25F3N2O5S. The summed E-state index contributed by atoms with van der Waals surface area (Å²) in [4.78, 5) is 12.3. The molecule has 0 heterocycles. The summed E-state index contributed by atoms with van der Waals surface area (Å²) in [5, 5.41) is 2.60. The number of halogens is 3. The first-order chi connectivity index (χ1) is 15.0. The van der Waals surface area contributed by atoms with Crippen LogP contribution in [0.3, 0.4) is 0 Å². The summed E-state index contributed by atoms with van der Waals surface area (Å²) in [6, 6.07) is 9.29. The van der Waals surface area contributed by atoms with Crippen LogP contribution in [0.15, 0.2) is 42.5 Å². The van der Waals surface area contributed by atoms with E-state index in [1.54, 1.807) is 6.07 Å². The van der Waals surface area contributed by atoms with E-state index in [1.165, 1.54) is 20.3 Å². The van der Waals surface area contributed by atoms with Gasteiger partial charge in [-0.1, -0.05) is 12.1 Å². The molecule has 0 aliphatic heterocycles. The Morgan fingerprint density at radius 2 is 1.75 bits per heavy atom. The van der Waals surface area contributed by atoms with Crippen LogP contribution in [-0.4, -0.2) is 47.9 Å². The molecule has 0 aliphatic carbocycles. The molecule has 2 aromatic carbocycles. The molecule has 0 radical (unpaired) electrons. The maximum absolute atomic E-state index is 13.0. The number of ether oxygens (including phenoxy) is 2. The average Bonchev–Trinajstić information content (AvgIpc) is 2.73. The normalized spacial score (nSPS) is 11.7. The Morgan fingerprint density at radius 1 is 1.06 bits per heavy atom. The lowest BCUT2D eigenvalue weighted by Crippen LogP contribution is -2.40. The van der Waals surface area contributed by atoms with Gasteiger partial charge >= 0.3 is 6.18 Å². The molecule has 1 N–H and O–H groups in total. The Balaban J connectivity index is 1.98. The van der Waals surface area contributed by atoms with Gasteiger partial charge < -0.3 is 14.8 Å². The van der Waals surface area contributed by atoms with E-state index in [0.717, 1.165) is 24.0 Å². The highest BCUT2D eigenvalue weighted by Gasteiger charge is 2.32. The van der Waals surface area contributed by atoms with Crippen LogP contribution >= 0.6 is 0 Å². The minimum absolute atomic E-state index is 0.234. The van der Waals surface area contributed by atoms with Crippen LogP contribution in [0, 0.1) is 0 Å². The van der Waals surface area contributed by atoms with Crippen LogP contribution in [0.4, 0.5) is 18.9 Å². The molecule has 1 amide bonds. The fourth-order valence-corrected chi connectivity index (χ4v) is 3.83. The molecule has 32 heavy (non-hydrogen) atoms. The van der Waals surface area contributed by atoms with Crippen LogP contribution in [0.2, 0.25) is 0 Å². The first-order valence-corrected chi connectivity index (χ1v) is 11.4. The van der Waals surface area contributed by atoms with Crippen molar-refractivity contribution in [3.8, 4) is 11.5 Å². The standard InChI is InChI=1S/C21H25F3N2O5S/c1-30-18-10-9-15(12-19(18)31-2)6-5-11-25-20(27)14-26(32(3,28)29)17-8-4-7-16(13-17)21(22,23)24/h4,7-10,12-13H,5-6,11,14H2,1-3H3,(H,25,27). The number of rotatable bonds is 10. The molecule has 0 bridgehead atoms. The molecule has 0 unspecified atom stereocenters. The Kier molecular flexibility index (Phi) is 8.37. The number of alkyl halides is 3. The molecule has 11 heteroatoms. The molecule has 0 spiro atoms. The van der Waals surface area contributed by atoms with Gasteiger partial charge in [0.05, 0.1) is 31.7 Å². The number of benzene rings is 2. The van der Waals surface area contributed by atoms with E-state index < -0.39 is 34.2 Å². The Bertz CT molecular complexity index is 1040. The first-order valence-electron chi connectivity index (χ1n) is 9.58. The second-order valence-electron chi connectivity index (χ2n) is 6.96. The highest BCUT2D eigenvalue weighted by atomic mass is 32.2. The van der Waals surface area contributed by atoms with E-state index in [4.69, 9.17) is 9.47 Å². The van der Waals surface area contributed by atoms with E-state index in [1.807, 2.05) is 12.1 Å². The topological polar surface area (TPSA) is 84.9 Å². The van der Waals surface area contributed by atoms with Gasteiger partial charge in [-0.2, -0.15) is 13.2 Å². The summed E-state index contributed by atoms with van der Waals surface area (Å²) >= 11 is 0. The van der Waals surface area contributed by atoms with Gasteiger partial charge in [0.25, 0.3) is 0 Å². The summed E-state index contributed by atoms with van der Waals surface area (Å²) in [5.74, 6) is 0.555. The number of anilines is 1. The van der Waals surface area contributed by atoms with E-state index in [2.05, 4.69) is 5.32 Å². The molecule has 0 aromatic heterocycles. The molecule has 0 saturated carbocycles. The zero-order chi connectivity index (χ0) is 23.9. The first kappa shape index (κ1) is 25.3. The van der Waals surface area contributed by atoms with Crippen LogP contribution in [0.5, 0.6) is 11.5 Å². The van der Waals surface area contributed by atoms with Crippen LogP contribution < -0.4 is 19.1 Å². The molecule has 0 fully saturated rings. The fourth-order valence-electron chi connectivity index (χ4n) is 2.98. The number of aryl methyl sites for hydroxylation is 1. The summed E-state index contributed by atoms with van der Waals surface area (Å²) in [7, 11) is -0.922. The lowest BCUT2D eigenvalue weighted by molar-refractivity contribution is -0.137. The van der Waals surface area contributed by atoms with E-state index in [9.17, 15) is 26.4 Å². The lowest BCUT2D eigenvalue weighted by atomic mass is 10.1. The zero-order valence-corrected chi connectivity index (χ0v) is 18.7. The van der Waals surface area contributed by atoms with Gasteiger partial charge in [0, 0.05) is 6.54 Å². The summed E-state index contributed by atoms with van der Waals surface area (Å²) in [5.41, 5.74) is -0.277. The second kappa shape index (κ2) is 10.6. The Morgan fingerprint density at radius 3 is 2.34 bits per heavy atom. The molecule has 2 rings (SSSR count). The number of carbonyl (C=O) groups is 1. The maximum atomic E-state index is 13.0. The number of methoxy groups -OCH3 is 2. The Labute approximate surface area is 185 Å². The van der Waals surface area contributed by atoms with Gasteiger partial charge in [-0.25, -0.2) is 8.42 Å². The summed E-state index contributed by atoms with van der Waals surface area (Å²) < 4.78 is 74.2. The number of sulfonamides is 1. The molecular weight excluding hydrogens is 449 g/mol. The molecule has 7 nitrogen and oxygen atoms in total. The van der Waals surface area contributed by atoms with Crippen molar-refractivity contribution >= 4 is 21.6 Å². The van der Waals surface area contributed by atoms with Crippen molar-refractivity contribution in [1.29, 1.82) is 0 Å². The van der Waals surface area contributed by atoms with Gasteiger partial charge in [-0.05, 0) is 48.7 Å². The number of hydrogen-bond acceptors (Lipinski definition) is 5. The number of carbonyl (C=O) groups excluding carboxylic acids is 1. The molecule has 0 atom stereocenters. The zero-order valence-electron chi connectivity index (χ0n) is 17.9. The van der Waals surface area contributed by atoms with Crippen molar-refractivity contribution in [2.75, 3.05) is 37.9 Å². The molecule has 0 saturated heterocycles. The van der Waals surface area contributed by atoms with E-state index in [-0.39, 0.29) is 12.2 Å². The van der Waals surface area contributed by atoms with E-state index in [0.29, 0.717) is 34.7 Å². The highest BCUT2D eigenvalue weighted by Crippen LogP contribution is 2.32. The monoisotopic (exact) mass is 474 g/mol. The van der Waals surface area contributed by atoms with Gasteiger partial charge in [-0.15, -0.1) is 0 Å². The SMILES string of the molecule is COc1ccc(CCCNC(=O)CN(c2cccc(C(F)(F)F)c2)S(C)(=O)=O)cc1OC. The molecule has 176 valence electrons. The van der Waals surface area contributed by atoms with Gasteiger partial charge in [0.15, 0.2) is 11.5 Å². The second-order valence-corrected chi connectivity index (χ2v) is 8.87. The van der Waals surface area contributed by atoms with Crippen LogP contribution in [0.25, 0.3) is 0 Å². The number of nitrogens with one attached hydrogen (secondary N) is 1. The quantitative estimate of drug-likeness (QED) is 0.535. The highest BCUT2D eigenvalue weighted by molar-refractivity contribution is 7.92. The van der Waals surface area contributed by atoms with Gasteiger partial charge in [0.2, 0.25) is 15.9 Å². The summed E-state index contributed by atoms with van der Waals surface area (Å²) in [6.45, 7) is -0.371. The minimum Gasteiger partial charge on any atom is -0.493 e. The fraction of sp³-hybridized carbons (Fsp3) is 0.381. The molecule has 0 aliphatic rings. The van der Waals surface area contributed by atoms with Gasteiger partial charge in [0.1, 0.15) is 6.54 Å². The van der Waals surface area contributed by atoms with Crippen molar-refractivity contribution in [2.45, 2.75) is 19.0 Å². The summed E-state index contributed by atoms with van der Waals surface area (Å²) in [6.07, 6.45) is -2.63. The number of amides is 1. The molecule has 2 aromatic rings. The minimum atomic E-state index is -4.63. The number of nitrogens with zero attached hydrogens (tertiary/aromatic N) is 1. The third-order valence-electron chi connectivity index (χ3n) is 4.56.